The van der Waals surface area contributed by atoms with E-state index < -0.39 is 0 Å². The summed E-state index contributed by atoms with van der Waals surface area (Å²) in [6.07, 6.45) is 2.94. The first-order valence-corrected chi connectivity index (χ1v) is 6.74. The number of nitrogens with zero attached hydrogens (tertiary/aromatic N) is 3. The van der Waals surface area contributed by atoms with Crippen molar-refractivity contribution in [3.05, 3.63) is 54.9 Å². The maximum atomic E-state index is 12.2. The lowest BCUT2D eigenvalue weighted by Crippen LogP contribution is -2.55. The number of benzene rings is 1. The number of hydrogen-bond donors (Lipinski definition) is 0. The van der Waals surface area contributed by atoms with Gasteiger partial charge in [0.15, 0.2) is 5.11 Å². The Bertz CT molecular complexity index is 644. The number of hydrogen-bond acceptors (Lipinski definition) is 4. The first-order chi connectivity index (χ1) is 10.2. The largest absolute Gasteiger partial charge is 0.273 e. The zero-order valence-corrected chi connectivity index (χ0v) is 11.8. The first kappa shape index (κ1) is 13.4. The van der Waals surface area contributed by atoms with Gasteiger partial charge in [0.25, 0.3) is 0 Å². The highest BCUT2D eigenvalue weighted by Gasteiger charge is 2.36. The Morgan fingerprint density at radius 3 is 2.14 bits per heavy atom. The molecule has 0 unspecified atom stereocenters. The van der Waals surface area contributed by atoms with E-state index in [4.69, 9.17) is 12.2 Å². The number of carbonyl (C=O) groups is 2. The number of thiocarbonyl (C=S) groups is 1. The third-order valence-corrected chi connectivity index (χ3v) is 3.47. The van der Waals surface area contributed by atoms with Crippen LogP contribution in [0, 0.1) is 0 Å². The van der Waals surface area contributed by atoms with E-state index in [2.05, 4.69) is 4.98 Å². The van der Waals surface area contributed by atoms with Gasteiger partial charge in [-0.05, 0) is 36.5 Å². The molecule has 104 valence electrons. The minimum Gasteiger partial charge on any atom is -0.273 e. The SMILES string of the molecule is O=C1CC(=O)N(c2cccnc2)C(=S)N1c1ccccc1. The van der Waals surface area contributed by atoms with Crippen molar-refractivity contribution in [3.63, 3.8) is 0 Å². The molecule has 1 aromatic carbocycles. The van der Waals surface area contributed by atoms with E-state index in [1.54, 1.807) is 36.7 Å². The number of aromatic nitrogens is 1. The lowest BCUT2D eigenvalue weighted by Gasteiger charge is -2.35. The zero-order valence-electron chi connectivity index (χ0n) is 11.0. The molecule has 6 heteroatoms. The molecular formula is C15H11N3O2S. The van der Waals surface area contributed by atoms with Gasteiger partial charge in [0.2, 0.25) is 11.8 Å². The van der Waals surface area contributed by atoms with Crippen molar-refractivity contribution in [2.45, 2.75) is 6.42 Å². The van der Waals surface area contributed by atoms with Crippen LogP contribution in [0.2, 0.25) is 0 Å². The number of pyridine rings is 1. The molecule has 5 nitrogen and oxygen atoms in total. The predicted molar refractivity (Wildman–Crippen MR) is 82.9 cm³/mol. The summed E-state index contributed by atoms with van der Waals surface area (Å²) in [7, 11) is 0. The smallest absolute Gasteiger partial charge is 0.242 e. The highest BCUT2D eigenvalue weighted by atomic mass is 32.1. The van der Waals surface area contributed by atoms with Gasteiger partial charge in [-0.15, -0.1) is 0 Å². The van der Waals surface area contributed by atoms with Crippen molar-refractivity contribution in [1.82, 2.24) is 4.98 Å². The van der Waals surface area contributed by atoms with E-state index in [9.17, 15) is 9.59 Å². The molecule has 2 heterocycles. The Balaban J connectivity index is 2.02. The minimum atomic E-state index is -0.342. The van der Waals surface area contributed by atoms with Crippen LogP contribution in [0.5, 0.6) is 0 Å². The Labute approximate surface area is 126 Å². The fraction of sp³-hybridized carbons (Fsp3) is 0.0667. The van der Waals surface area contributed by atoms with Gasteiger partial charge in [-0.3, -0.25) is 24.4 Å². The van der Waals surface area contributed by atoms with Crippen LogP contribution < -0.4 is 9.80 Å². The fourth-order valence-electron chi connectivity index (χ4n) is 2.17. The Hall–Kier alpha value is -2.60. The monoisotopic (exact) mass is 297 g/mol. The fourth-order valence-corrected chi connectivity index (χ4v) is 2.59. The van der Waals surface area contributed by atoms with Crippen molar-refractivity contribution in [3.8, 4) is 0 Å². The van der Waals surface area contributed by atoms with E-state index in [0.717, 1.165) is 0 Å². The minimum absolute atomic E-state index is 0.149. The third kappa shape index (κ3) is 2.41. The molecule has 2 aromatic rings. The lowest BCUT2D eigenvalue weighted by molar-refractivity contribution is -0.126. The van der Waals surface area contributed by atoms with Gasteiger partial charge >= 0.3 is 0 Å². The molecule has 3 rings (SSSR count). The van der Waals surface area contributed by atoms with E-state index in [1.165, 1.54) is 9.80 Å². The number of amides is 2. The maximum Gasteiger partial charge on any atom is 0.242 e. The van der Waals surface area contributed by atoms with Crippen molar-refractivity contribution in [2.75, 3.05) is 9.80 Å². The van der Waals surface area contributed by atoms with Crippen LogP contribution in [-0.4, -0.2) is 21.9 Å². The summed E-state index contributed by atoms with van der Waals surface area (Å²) in [4.78, 5) is 31.0. The molecule has 0 aliphatic carbocycles. The molecule has 2 amide bonds. The van der Waals surface area contributed by atoms with E-state index >= 15 is 0 Å². The van der Waals surface area contributed by atoms with Gasteiger partial charge in [0, 0.05) is 6.20 Å². The molecule has 0 saturated carbocycles. The molecule has 21 heavy (non-hydrogen) atoms. The number of anilines is 2. The Kier molecular flexibility index (Phi) is 3.45. The average Bonchev–Trinajstić information content (AvgIpc) is 2.49. The molecule has 0 radical (unpaired) electrons. The van der Waals surface area contributed by atoms with Crippen molar-refractivity contribution in [2.24, 2.45) is 0 Å². The molecule has 0 atom stereocenters. The van der Waals surface area contributed by atoms with Crippen molar-refractivity contribution < 1.29 is 9.59 Å². The molecule has 1 aliphatic heterocycles. The van der Waals surface area contributed by atoms with Crippen LogP contribution in [0.4, 0.5) is 11.4 Å². The highest BCUT2D eigenvalue weighted by Crippen LogP contribution is 2.25. The lowest BCUT2D eigenvalue weighted by atomic mass is 10.2. The average molecular weight is 297 g/mol. The van der Waals surface area contributed by atoms with Crippen molar-refractivity contribution >= 4 is 40.5 Å². The molecule has 0 spiro atoms. The quantitative estimate of drug-likeness (QED) is 0.629. The summed E-state index contributed by atoms with van der Waals surface area (Å²) in [5, 5.41) is 0.149. The van der Waals surface area contributed by atoms with Crippen LogP contribution in [0.25, 0.3) is 0 Å². The standard InChI is InChI=1S/C15H11N3O2S/c19-13-9-14(20)18(12-7-4-8-16-10-12)15(21)17(13)11-5-2-1-3-6-11/h1-8,10H,9H2. The van der Waals surface area contributed by atoms with Gasteiger partial charge in [-0.25, -0.2) is 0 Å². The summed E-state index contributed by atoms with van der Waals surface area (Å²) in [5.74, 6) is -0.665. The van der Waals surface area contributed by atoms with Crippen molar-refractivity contribution in [1.29, 1.82) is 0 Å². The van der Waals surface area contributed by atoms with Crippen LogP contribution in [0.3, 0.4) is 0 Å². The van der Waals surface area contributed by atoms with E-state index in [1.807, 2.05) is 18.2 Å². The molecule has 1 aliphatic rings. The Morgan fingerprint density at radius 1 is 0.905 bits per heavy atom. The molecular weight excluding hydrogens is 286 g/mol. The van der Waals surface area contributed by atoms with Gasteiger partial charge in [0.1, 0.15) is 6.42 Å². The zero-order chi connectivity index (χ0) is 14.8. The highest BCUT2D eigenvalue weighted by molar-refractivity contribution is 7.81. The second-order valence-electron chi connectivity index (χ2n) is 4.46. The van der Waals surface area contributed by atoms with E-state index in [-0.39, 0.29) is 23.3 Å². The second kappa shape index (κ2) is 5.41. The molecule has 1 saturated heterocycles. The summed E-state index contributed by atoms with van der Waals surface area (Å²) >= 11 is 5.35. The van der Waals surface area contributed by atoms with Crippen LogP contribution in [0.1, 0.15) is 6.42 Å². The maximum absolute atomic E-state index is 12.2. The first-order valence-electron chi connectivity index (χ1n) is 6.33. The summed E-state index contributed by atoms with van der Waals surface area (Å²) in [6, 6.07) is 12.5. The van der Waals surface area contributed by atoms with Crippen LogP contribution in [0.15, 0.2) is 54.9 Å². The van der Waals surface area contributed by atoms with Crippen LogP contribution >= 0.6 is 12.2 Å². The molecule has 0 bridgehead atoms. The summed E-state index contributed by atoms with van der Waals surface area (Å²) in [6.45, 7) is 0. The van der Waals surface area contributed by atoms with Gasteiger partial charge < -0.3 is 0 Å². The predicted octanol–water partition coefficient (Wildman–Crippen LogP) is 2.14. The topological polar surface area (TPSA) is 53.5 Å². The number of carbonyl (C=O) groups excluding carboxylic acids is 2. The Morgan fingerprint density at radius 2 is 1.52 bits per heavy atom. The van der Waals surface area contributed by atoms with Crippen LogP contribution in [-0.2, 0) is 9.59 Å². The molecule has 1 aromatic heterocycles. The summed E-state index contributed by atoms with van der Waals surface area (Å²) in [5.41, 5.74) is 1.20. The number of rotatable bonds is 2. The second-order valence-corrected chi connectivity index (χ2v) is 4.83. The molecule has 1 fully saturated rings. The normalized spacial score (nSPS) is 15.5. The summed E-state index contributed by atoms with van der Waals surface area (Å²) < 4.78 is 0. The number of para-hydroxylation sites is 1. The van der Waals surface area contributed by atoms with Gasteiger partial charge in [0.05, 0.1) is 17.6 Å². The molecule has 0 N–H and O–H groups in total. The van der Waals surface area contributed by atoms with E-state index in [0.29, 0.717) is 11.4 Å². The van der Waals surface area contributed by atoms with Gasteiger partial charge in [-0.1, -0.05) is 18.2 Å². The third-order valence-electron chi connectivity index (χ3n) is 3.10. The van der Waals surface area contributed by atoms with Gasteiger partial charge in [-0.2, -0.15) is 0 Å².